The molecule has 0 aliphatic rings. The second kappa shape index (κ2) is 17.2. The molecule has 0 N–H and O–H groups in total. The molecular weight excluding hydrogens is 338 g/mol. The van der Waals surface area contributed by atoms with Crippen molar-refractivity contribution in [3.8, 4) is 5.75 Å². The Morgan fingerprint density at radius 1 is 0.800 bits per heavy atom. The molecule has 1 rings (SSSR count). The van der Waals surface area contributed by atoms with Crippen LogP contribution in [0.3, 0.4) is 0 Å². The lowest BCUT2D eigenvalue weighted by atomic mass is 10.0. The molecule has 0 saturated carbocycles. The van der Waals surface area contributed by atoms with Crippen LogP contribution in [0.5, 0.6) is 5.75 Å². The summed E-state index contributed by atoms with van der Waals surface area (Å²) in [6.07, 6.45) is 10.7. The first-order valence-corrected chi connectivity index (χ1v) is 7.05. The zero-order valence-corrected chi connectivity index (χ0v) is 15.2. The minimum absolute atomic E-state index is 0. The number of halogens is 4. The van der Waals surface area contributed by atoms with Crippen molar-refractivity contribution in [2.45, 2.75) is 58.3 Å². The van der Waals surface area contributed by atoms with Gasteiger partial charge in [-0.15, -0.1) is 37.2 Å². The van der Waals surface area contributed by atoms with Crippen molar-refractivity contribution < 1.29 is 4.29 Å². The number of unbranched alkanes of at least 4 members (excludes halogenated alkanes) is 6. The number of hydrogen-bond acceptors (Lipinski definition) is 1. The highest BCUT2D eigenvalue weighted by Crippen LogP contribution is 2.15. The van der Waals surface area contributed by atoms with E-state index in [4.69, 9.17) is 11.9 Å². The maximum atomic E-state index is 5.27. The van der Waals surface area contributed by atoms with E-state index in [1.54, 1.807) is 0 Å². The Morgan fingerprint density at radius 3 is 1.80 bits per heavy atom. The van der Waals surface area contributed by atoms with Gasteiger partial charge < -0.3 is 4.29 Å². The fraction of sp³-hybridized carbons (Fsp3) is 0.600. The highest BCUT2D eigenvalue weighted by atomic mass is 35.5. The fourth-order valence-corrected chi connectivity index (χ4v) is 2.10. The highest BCUT2D eigenvalue weighted by Gasteiger charge is 1.96. The molecule has 20 heavy (non-hydrogen) atoms. The summed E-state index contributed by atoms with van der Waals surface area (Å²) < 4.78 is 4.62. The summed E-state index contributed by atoms with van der Waals surface area (Å²) in [6, 6.07) is 8.02. The lowest BCUT2D eigenvalue weighted by Crippen LogP contribution is -1.86. The van der Waals surface area contributed by atoms with Crippen molar-refractivity contribution in [1.29, 1.82) is 0 Å². The van der Waals surface area contributed by atoms with Gasteiger partial charge in [-0.05, 0) is 30.5 Å². The Balaban J connectivity index is -0.000000963. The van der Waals surface area contributed by atoms with Gasteiger partial charge in [0.1, 0.15) is 17.6 Å². The van der Waals surface area contributed by atoms with Crippen molar-refractivity contribution >= 4 is 49.1 Å². The van der Waals surface area contributed by atoms with Crippen LogP contribution in [0.15, 0.2) is 24.3 Å². The fourth-order valence-electron chi connectivity index (χ4n) is 1.99. The summed E-state index contributed by atoms with van der Waals surface area (Å²) in [4.78, 5) is 0. The van der Waals surface area contributed by atoms with Gasteiger partial charge in [0.15, 0.2) is 0 Å². The Morgan fingerprint density at radius 2 is 1.30 bits per heavy atom. The Hall–Kier alpha value is 0.180. The molecule has 0 amide bonds. The average Bonchev–Trinajstić information content (AvgIpc) is 2.38. The molecular formula is C15H26Cl4O. The zero-order valence-electron chi connectivity index (χ0n) is 12.0. The summed E-state index contributed by atoms with van der Waals surface area (Å²) >= 11 is 5.27. The van der Waals surface area contributed by atoms with Gasteiger partial charge in [-0.1, -0.05) is 57.6 Å². The molecule has 0 atom stereocenters. The predicted molar refractivity (Wildman–Crippen MR) is 96.4 cm³/mol. The van der Waals surface area contributed by atoms with E-state index in [1.165, 1.54) is 50.5 Å². The Labute approximate surface area is 147 Å². The quantitative estimate of drug-likeness (QED) is 0.439. The highest BCUT2D eigenvalue weighted by molar-refractivity contribution is 6.09. The van der Waals surface area contributed by atoms with Crippen molar-refractivity contribution in [2.24, 2.45) is 0 Å². The summed E-state index contributed by atoms with van der Waals surface area (Å²) in [5.41, 5.74) is 1.37. The summed E-state index contributed by atoms with van der Waals surface area (Å²) in [5.74, 6) is 0.718. The van der Waals surface area contributed by atoms with E-state index in [0.29, 0.717) is 0 Å². The van der Waals surface area contributed by atoms with E-state index in [2.05, 4.69) is 23.3 Å². The maximum Gasteiger partial charge on any atom is 0.146 e. The third-order valence-corrected chi connectivity index (χ3v) is 3.26. The lowest BCUT2D eigenvalue weighted by molar-refractivity contribution is 0.588. The van der Waals surface area contributed by atoms with Crippen LogP contribution in [-0.2, 0) is 6.42 Å². The van der Waals surface area contributed by atoms with E-state index >= 15 is 0 Å². The Kier molecular flexibility index (Phi) is 21.7. The molecule has 0 radical (unpaired) electrons. The van der Waals surface area contributed by atoms with Crippen LogP contribution in [0.4, 0.5) is 0 Å². The molecule has 0 bridgehead atoms. The lowest BCUT2D eigenvalue weighted by Gasteiger charge is -2.03. The topological polar surface area (TPSA) is 9.23 Å². The molecule has 0 saturated heterocycles. The van der Waals surface area contributed by atoms with E-state index in [1.807, 2.05) is 12.1 Å². The molecule has 0 unspecified atom stereocenters. The van der Waals surface area contributed by atoms with Gasteiger partial charge in [0.2, 0.25) is 0 Å². The first kappa shape index (κ1) is 25.2. The smallest absolute Gasteiger partial charge is 0.146 e. The zero-order chi connectivity index (χ0) is 12.3. The molecule has 0 aromatic heterocycles. The minimum atomic E-state index is 0. The SMILES string of the molecule is CCCCCCCCCc1ccc(OCl)cc1.Cl.Cl.Cl. The van der Waals surface area contributed by atoms with Gasteiger partial charge in [-0.3, -0.25) is 0 Å². The van der Waals surface area contributed by atoms with Gasteiger partial charge in [-0.25, -0.2) is 0 Å². The molecule has 0 aliphatic heterocycles. The van der Waals surface area contributed by atoms with E-state index in [9.17, 15) is 0 Å². The summed E-state index contributed by atoms with van der Waals surface area (Å²) in [5, 5.41) is 0. The van der Waals surface area contributed by atoms with Crippen LogP contribution in [0.2, 0.25) is 0 Å². The van der Waals surface area contributed by atoms with Crippen molar-refractivity contribution in [2.75, 3.05) is 0 Å². The van der Waals surface area contributed by atoms with Crippen LogP contribution in [0, 0.1) is 0 Å². The van der Waals surface area contributed by atoms with E-state index < -0.39 is 0 Å². The van der Waals surface area contributed by atoms with E-state index in [-0.39, 0.29) is 37.2 Å². The van der Waals surface area contributed by atoms with Crippen LogP contribution in [-0.4, -0.2) is 0 Å². The molecule has 0 aliphatic carbocycles. The number of benzene rings is 1. The van der Waals surface area contributed by atoms with Crippen LogP contribution < -0.4 is 4.29 Å². The van der Waals surface area contributed by atoms with E-state index in [0.717, 1.165) is 12.2 Å². The van der Waals surface area contributed by atoms with Gasteiger partial charge in [0.25, 0.3) is 0 Å². The largest absolute Gasteiger partial charge is 0.386 e. The first-order chi connectivity index (χ1) is 8.36. The predicted octanol–water partition coefficient (Wildman–Crippen LogP) is 6.78. The number of rotatable bonds is 9. The van der Waals surface area contributed by atoms with Crippen LogP contribution in [0.25, 0.3) is 0 Å². The third-order valence-electron chi connectivity index (χ3n) is 3.08. The number of hydrogen-bond donors (Lipinski definition) is 0. The second-order valence-corrected chi connectivity index (χ2v) is 4.75. The van der Waals surface area contributed by atoms with Crippen LogP contribution in [0.1, 0.15) is 57.4 Å². The first-order valence-electron chi connectivity index (χ1n) is 6.74. The minimum Gasteiger partial charge on any atom is -0.386 e. The van der Waals surface area contributed by atoms with Crippen molar-refractivity contribution in [3.05, 3.63) is 29.8 Å². The van der Waals surface area contributed by atoms with Crippen LogP contribution >= 0.6 is 49.1 Å². The monoisotopic (exact) mass is 362 g/mol. The molecule has 1 nitrogen and oxygen atoms in total. The maximum absolute atomic E-state index is 5.27. The molecule has 0 spiro atoms. The van der Waals surface area contributed by atoms with Crippen molar-refractivity contribution in [1.82, 2.24) is 0 Å². The number of aryl methyl sites for hydroxylation is 1. The molecule has 0 fully saturated rings. The summed E-state index contributed by atoms with van der Waals surface area (Å²) in [7, 11) is 0. The normalized spacial score (nSPS) is 8.90. The second-order valence-electron chi connectivity index (χ2n) is 4.59. The van der Waals surface area contributed by atoms with Gasteiger partial charge >= 0.3 is 0 Å². The van der Waals surface area contributed by atoms with Gasteiger partial charge in [-0.2, -0.15) is 0 Å². The van der Waals surface area contributed by atoms with Gasteiger partial charge in [0.05, 0.1) is 0 Å². The molecule has 1 aromatic rings. The molecule has 5 heteroatoms. The summed E-state index contributed by atoms with van der Waals surface area (Å²) in [6.45, 7) is 2.26. The average molecular weight is 364 g/mol. The standard InChI is InChI=1S/C15H23ClO.3ClH/c1-2-3-4-5-6-7-8-9-14-10-12-15(17-16)13-11-14;;;/h10-13H,2-9H2,1H3;3*1H. The van der Waals surface area contributed by atoms with Crippen molar-refractivity contribution in [3.63, 3.8) is 0 Å². The molecule has 120 valence electrons. The molecule has 1 aromatic carbocycles. The third kappa shape index (κ3) is 12.0. The van der Waals surface area contributed by atoms with Gasteiger partial charge in [0, 0.05) is 0 Å². The molecule has 0 heterocycles. The Bertz CT molecular complexity index is 290.